The van der Waals surface area contributed by atoms with Crippen molar-refractivity contribution in [2.24, 2.45) is 0 Å². The molecule has 0 saturated heterocycles. The highest BCUT2D eigenvalue weighted by Gasteiger charge is 2.44. The predicted octanol–water partition coefficient (Wildman–Crippen LogP) is 2.97. The van der Waals surface area contributed by atoms with Crippen molar-refractivity contribution >= 4 is 5.78 Å². The SMILES string of the molecule is COc1cc2c(cc1O)C(C#N)(CCC(=O)c1ccoc1)C2. The lowest BCUT2D eigenvalue weighted by Gasteiger charge is -2.38. The Morgan fingerprint density at radius 3 is 3.00 bits per heavy atom. The first-order chi connectivity index (χ1) is 10.6. The molecule has 1 heterocycles. The summed E-state index contributed by atoms with van der Waals surface area (Å²) in [6.07, 6.45) is 4.11. The Morgan fingerprint density at radius 2 is 2.36 bits per heavy atom. The third-order valence-corrected chi connectivity index (χ3v) is 4.25. The van der Waals surface area contributed by atoms with E-state index in [9.17, 15) is 15.2 Å². The van der Waals surface area contributed by atoms with E-state index < -0.39 is 5.41 Å². The minimum atomic E-state index is -0.710. The van der Waals surface area contributed by atoms with Gasteiger partial charge in [-0.15, -0.1) is 0 Å². The molecule has 1 aromatic heterocycles. The second-order valence-electron chi connectivity index (χ2n) is 5.49. The van der Waals surface area contributed by atoms with Crippen molar-refractivity contribution in [1.82, 2.24) is 0 Å². The fourth-order valence-corrected chi connectivity index (χ4v) is 2.95. The van der Waals surface area contributed by atoms with Gasteiger partial charge in [0.25, 0.3) is 0 Å². The lowest BCUT2D eigenvalue weighted by Crippen LogP contribution is -2.38. The van der Waals surface area contributed by atoms with E-state index in [4.69, 9.17) is 9.15 Å². The molecule has 1 atom stereocenters. The summed E-state index contributed by atoms with van der Waals surface area (Å²) >= 11 is 0. The molecule has 0 aliphatic heterocycles. The van der Waals surface area contributed by atoms with Crippen molar-refractivity contribution in [2.75, 3.05) is 7.11 Å². The van der Waals surface area contributed by atoms with Gasteiger partial charge in [0.2, 0.25) is 0 Å². The monoisotopic (exact) mass is 297 g/mol. The standard InChI is InChI=1S/C17H15NO4/c1-21-16-6-12-8-17(10-18,13(12)7-15(16)20)4-2-14(19)11-3-5-22-9-11/h3,5-7,9,20H,2,4,8H2,1H3. The van der Waals surface area contributed by atoms with Crippen LogP contribution in [0.2, 0.25) is 0 Å². The number of carbonyl (C=O) groups excluding carboxylic acids is 1. The molecule has 5 heteroatoms. The lowest BCUT2D eigenvalue weighted by atomic mass is 9.62. The van der Waals surface area contributed by atoms with Gasteiger partial charge in [0.05, 0.1) is 30.4 Å². The van der Waals surface area contributed by atoms with Crippen LogP contribution in [0.5, 0.6) is 11.5 Å². The van der Waals surface area contributed by atoms with E-state index in [2.05, 4.69) is 6.07 Å². The summed E-state index contributed by atoms with van der Waals surface area (Å²) in [4.78, 5) is 12.0. The van der Waals surface area contributed by atoms with Gasteiger partial charge in [0.15, 0.2) is 17.3 Å². The molecule has 22 heavy (non-hydrogen) atoms. The van der Waals surface area contributed by atoms with Gasteiger partial charge in [0, 0.05) is 6.42 Å². The van der Waals surface area contributed by atoms with Crippen molar-refractivity contribution in [3.63, 3.8) is 0 Å². The Bertz CT molecular complexity index is 758. The van der Waals surface area contributed by atoms with E-state index in [-0.39, 0.29) is 18.0 Å². The summed E-state index contributed by atoms with van der Waals surface area (Å²) in [5.41, 5.74) is 1.57. The zero-order chi connectivity index (χ0) is 15.7. The number of rotatable bonds is 5. The molecule has 0 radical (unpaired) electrons. The number of hydrogen-bond acceptors (Lipinski definition) is 5. The average molecular weight is 297 g/mol. The van der Waals surface area contributed by atoms with E-state index in [1.807, 2.05) is 0 Å². The van der Waals surface area contributed by atoms with Gasteiger partial charge in [-0.2, -0.15) is 5.26 Å². The third kappa shape index (κ3) is 2.13. The van der Waals surface area contributed by atoms with Crippen LogP contribution in [0.25, 0.3) is 0 Å². The zero-order valence-electron chi connectivity index (χ0n) is 12.1. The minimum absolute atomic E-state index is 0.0155. The number of hydrogen-bond donors (Lipinski definition) is 1. The van der Waals surface area contributed by atoms with Crippen LogP contribution in [0.4, 0.5) is 0 Å². The Morgan fingerprint density at radius 1 is 1.55 bits per heavy atom. The van der Waals surface area contributed by atoms with Crippen molar-refractivity contribution < 1.29 is 19.1 Å². The number of carbonyl (C=O) groups is 1. The number of Topliss-reactive ketones (excluding diaryl/α,β-unsaturated/α-hetero) is 1. The number of phenols is 1. The summed E-state index contributed by atoms with van der Waals surface area (Å²) in [6.45, 7) is 0. The van der Waals surface area contributed by atoms with Crippen LogP contribution in [-0.2, 0) is 11.8 Å². The molecule has 1 unspecified atom stereocenters. The van der Waals surface area contributed by atoms with Gasteiger partial charge >= 0.3 is 0 Å². The normalized spacial score (nSPS) is 18.9. The smallest absolute Gasteiger partial charge is 0.166 e. The maximum atomic E-state index is 12.0. The fourth-order valence-electron chi connectivity index (χ4n) is 2.95. The average Bonchev–Trinajstić information content (AvgIpc) is 3.05. The minimum Gasteiger partial charge on any atom is -0.504 e. The molecule has 112 valence electrons. The van der Waals surface area contributed by atoms with Crippen LogP contribution < -0.4 is 4.74 Å². The van der Waals surface area contributed by atoms with Crippen molar-refractivity contribution in [1.29, 1.82) is 5.26 Å². The van der Waals surface area contributed by atoms with Crippen LogP contribution in [0, 0.1) is 11.3 Å². The van der Waals surface area contributed by atoms with Crippen molar-refractivity contribution in [2.45, 2.75) is 24.7 Å². The molecule has 0 fully saturated rings. The first-order valence-corrected chi connectivity index (χ1v) is 6.96. The number of furan rings is 1. The van der Waals surface area contributed by atoms with Gasteiger partial charge in [0.1, 0.15) is 6.26 Å². The first kappa shape index (κ1) is 14.2. The Balaban J connectivity index is 1.79. The zero-order valence-corrected chi connectivity index (χ0v) is 12.1. The largest absolute Gasteiger partial charge is 0.504 e. The van der Waals surface area contributed by atoms with E-state index >= 15 is 0 Å². The van der Waals surface area contributed by atoms with Crippen molar-refractivity contribution in [3.05, 3.63) is 47.4 Å². The quantitative estimate of drug-likeness (QED) is 0.858. The lowest BCUT2D eigenvalue weighted by molar-refractivity contribution is 0.0971. The molecule has 3 rings (SSSR count). The molecule has 1 N–H and O–H groups in total. The molecule has 1 aromatic carbocycles. The summed E-state index contributed by atoms with van der Waals surface area (Å²) in [5, 5.41) is 19.4. The number of ketones is 1. The van der Waals surface area contributed by atoms with Crippen molar-refractivity contribution in [3.8, 4) is 17.6 Å². The number of phenolic OH excluding ortho intramolecular Hbond substituents is 1. The number of methoxy groups -OCH3 is 1. The Labute approximate surface area is 127 Å². The van der Waals surface area contributed by atoms with Gasteiger partial charge in [-0.05, 0) is 42.2 Å². The molecule has 1 aliphatic rings. The molecule has 0 amide bonds. The van der Waals surface area contributed by atoms with E-state index in [1.54, 1.807) is 18.2 Å². The molecule has 5 nitrogen and oxygen atoms in total. The molecule has 0 saturated carbocycles. The molecule has 0 bridgehead atoms. The topological polar surface area (TPSA) is 83.5 Å². The van der Waals surface area contributed by atoms with Gasteiger partial charge in [-0.25, -0.2) is 0 Å². The van der Waals surface area contributed by atoms with E-state index in [0.717, 1.165) is 11.1 Å². The summed E-state index contributed by atoms with van der Waals surface area (Å²) in [7, 11) is 1.49. The molecular formula is C17H15NO4. The fraction of sp³-hybridized carbons (Fsp3) is 0.294. The molecular weight excluding hydrogens is 282 g/mol. The molecule has 2 aromatic rings. The Kier molecular flexibility index (Phi) is 3.38. The highest BCUT2D eigenvalue weighted by Crippen LogP contribution is 2.48. The second kappa shape index (κ2) is 5.23. The number of nitrogens with zero attached hydrogens (tertiary/aromatic N) is 1. The third-order valence-electron chi connectivity index (χ3n) is 4.25. The highest BCUT2D eigenvalue weighted by atomic mass is 16.5. The maximum absolute atomic E-state index is 12.0. The highest BCUT2D eigenvalue weighted by molar-refractivity contribution is 5.95. The molecule has 1 aliphatic carbocycles. The maximum Gasteiger partial charge on any atom is 0.166 e. The Hall–Kier alpha value is -2.74. The van der Waals surface area contributed by atoms with Crippen LogP contribution >= 0.6 is 0 Å². The number of aromatic hydroxyl groups is 1. The van der Waals surface area contributed by atoms with E-state index in [0.29, 0.717) is 24.2 Å². The van der Waals surface area contributed by atoms with Gasteiger partial charge < -0.3 is 14.3 Å². The summed E-state index contributed by atoms with van der Waals surface area (Å²) in [6, 6.07) is 7.25. The van der Waals surface area contributed by atoms with Gasteiger partial charge in [-0.1, -0.05) is 0 Å². The number of benzene rings is 1. The number of ether oxygens (including phenoxy) is 1. The van der Waals surface area contributed by atoms with E-state index in [1.165, 1.54) is 19.6 Å². The van der Waals surface area contributed by atoms with Gasteiger partial charge in [-0.3, -0.25) is 4.79 Å². The van der Waals surface area contributed by atoms with Crippen LogP contribution in [0.1, 0.15) is 34.3 Å². The number of fused-ring (bicyclic) bond motifs is 1. The summed E-state index contributed by atoms with van der Waals surface area (Å²) < 4.78 is 9.97. The van der Waals surface area contributed by atoms with Crippen LogP contribution in [0.15, 0.2) is 35.1 Å². The van der Waals surface area contributed by atoms with Crippen LogP contribution in [-0.4, -0.2) is 18.0 Å². The summed E-state index contributed by atoms with van der Waals surface area (Å²) in [5.74, 6) is 0.371. The molecule has 0 spiro atoms. The second-order valence-corrected chi connectivity index (χ2v) is 5.49. The first-order valence-electron chi connectivity index (χ1n) is 6.96. The predicted molar refractivity (Wildman–Crippen MR) is 77.9 cm³/mol. The van der Waals surface area contributed by atoms with Crippen LogP contribution in [0.3, 0.4) is 0 Å². The number of nitriles is 1.